The Bertz CT molecular complexity index is 1560. The summed E-state index contributed by atoms with van der Waals surface area (Å²) in [5.41, 5.74) is 7.27. The summed E-state index contributed by atoms with van der Waals surface area (Å²) in [6.45, 7) is 9.00. The highest BCUT2D eigenvalue weighted by Gasteiger charge is 2.32. The number of amides is 4. The van der Waals surface area contributed by atoms with Crippen LogP contribution in [0.4, 0.5) is 4.79 Å². The van der Waals surface area contributed by atoms with Gasteiger partial charge in [0.1, 0.15) is 42.7 Å². The topological polar surface area (TPSA) is 175 Å². The van der Waals surface area contributed by atoms with Crippen LogP contribution in [0, 0.1) is 5.92 Å². The minimum Gasteiger partial charge on any atom is -0.489 e. The maximum Gasteiger partial charge on any atom is 0.408 e. The predicted octanol–water partition coefficient (Wildman–Crippen LogP) is 4.34. The molecular weight excluding hydrogens is 640 g/mol. The molecule has 0 unspecified atom stereocenters. The molecule has 3 atom stereocenters. The number of nitrogens with one attached hydrogen (secondary N) is 3. The van der Waals surface area contributed by atoms with Gasteiger partial charge < -0.3 is 35.9 Å². The Balaban J connectivity index is 1.66. The summed E-state index contributed by atoms with van der Waals surface area (Å²) in [5.74, 6) is -2.52. The molecule has 5 N–H and O–H groups in total. The van der Waals surface area contributed by atoms with Crippen LogP contribution in [0.2, 0.25) is 0 Å². The number of nitrogens with two attached hydrogens (primary N) is 1. The maximum absolute atomic E-state index is 13.7. The van der Waals surface area contributed by atoms with E-state index in [9.17, 15) is 24.0 Å². The van der Waals surface area contributed by atoms with Gasteiger partial charge in [-0.2, -0.15) is 0 Å². The number of primary amides is 1. The molecule has 3 aromatic rings. The SMILES string of the molecule is CC(C)[C@H](NC(=O)[C@@H](Cc1ccc(OCc2ccccc2)cc1)NC(=O)OC(C)(C)C)C(=O)N[C@@H](CCC(=O)OCc1ccccc1)C(N)=O. The van der Waals surface area contributed by atoms with Crippen LogP contribution >= 0.6 is 0 Å². The average Bonchev–Trinajstić information content (AvgIpc) is 3.07. The summed E-state index contributed by atoms with van der Waals surface area (Å²) in [5, 5.41) is 7.89. The summed E-state index contributed by atoms with van der Waals surface area (Å²) in [7, 11) is 0. The summed E-state index contributed by atoms with van der Waals surface area (Å²) < 4.78 is 16.5. The van der Waals surface area contributed by atoms with Crippen LogP contribution in [0.25, 0.3) is 0 Å². The maximum atomic E-state index is 13.7. The Morgan fingerprint density at radius 3 is 1.82 bits per heavy atom. The molecule has 0 heterocycles. The molecule has 0 aliphatic carbocycles. The minimum absolute atomic E-state index is 0.0689. The molecule has 0 radical (unpaired) electrons. The van der Waals surface area contributed by atoms with Gasteiger partial charge in [-0.05, 0) is 61.9 Å². The lowest BCUT2D eigenvalue weighted by atomic mass is 10.00. The van der Waals surface area contributed by atoms with Gasteiger partial charge in [-0.25, -0.2) is 4.79 Å². The molecule has 12 nitrogen and oxygen atoms in total. The fourth-order valence-corrected chi connectivity index (χ4v) is 4.77. The summed E-state index contributed by atoms with van der Waals surface area (Å²) in [4.78, 5) is 64.4. The van der Waals surface area contributed by atoms with Crippen molar-refractivity contribution < 1.29 is 38.2 Å². The number of benzene rings is 3. The molecule has 0 spiro atoms. The van der Waals surface area contributed by atoms with Gasteiger partial charge in [0.05, 0.1) is 0 Å². The van der Waals surface area contributed by atoms with Crippen molar-refractivity contribution in [1.29, 1.82) is 0 Å². The lowest BCUT2D eigenvalue weighted by Crippen LogP contribution is -2.58. The molecule has 0 aliphatic rings. The highest BCUT2D eigenvalue weighted by Crippen LogP contribution is 2.17. The normalized spacial score (nSPS) is 12.9. The van der Waals surface area contributed by atoms with Gasteiger partial charge in [0.2, 0.25) is 17.7 Å². The van der Waals surface area contributed by atoms with Crippen molar-refractivity contribution in [2.75, 3.05) is 0 Å². The van der Waals surface area contributed by atoms with Crippen molar-refractivity contribution in [3.63, 3.8) is 0 Å². The molecule has 0 saturated carbocycles. The van der Waals surface area contributed by atoms with Gasteiger partial charge in [0, 0.05) is 12.8 Å². The van der Waals surface area contributed by atoms with Crippen molar-refractivity contribution in [3.05, 3.63) is 102 Å². The van der Waals surface area contributed by atoms with E-state index in [0.29, 0.717) is 17.9 Å². The molecule has 3 aromatic carbocycles. The first-order valence-corrected chi connectivity index (χ1v) is 16.5. The zero-order valence-corrected chi connectivity index (χ0v) is 29.3. The second-order valence-corrected chi connectivity index (χ2v) is 13.2. The van der Waals surface area contributed by atoms with E-state index in [1.54, 1.807) is 58.9 Å². The number of esters is 1. The quantitative estimate of drug-likeness (QED) is 0.152. The van der Waals surface area contributed by atoms with Gasteiger partial charge >= 0.3 is 12.1 Å². The molecule has 0 fully saturated rings. The van der Waals surface area contributed by atoms with E-state index >= 15 is 0 Å². The number of ether oxygens (including phenoxy) is 3. The number of hydrogen-bond acceptors (Lipinski definition) is 8. The number of carbonyl (C=O) groups is 5. The third kappa shape index (κ3) is 14.0. The lowest BCUT2D eigenvalue weighted by molar-refractivity contribution is -0.145. The monoisotopic (exact) mass is 688 g/mol. The largest absolute Gasteiger partial charge is 0.489 e. The highest BCUT2D eigenvalue weighted by molar-refractivity contribution is 5.94. The molecule has 0 saturated heterocycles. The first kappa shape index (κ1) is 39.1. The molecule has 0 aliphatic heterocycles. The standard InChI is InChI=1S/C38H48N4O8/c1-25(2)33(36(46)40-30(34(39)44)20-21-32(43)49-24-28-14-10-7-11-15-28)42-35(45)31(41-37(47)50-38(3,4)5)22-26-16-18-29(19-17-26)48-23-27-12-8-6-9-13-27/h6-19,25,30-31,33H,20-24H2,1-5H3,(H2,39,44)(H,40,46)(H,41,47)(H,42,45)/t30-,31+,33-/m0/s1. The zero-order valence-electron chi connectivity index (χ0n) is 29.3. The van der Waals surface area contributed by atoms with Gasteiger partial charge in [0.25, 0.3) is 0 Å². The average molecular weight is 689 g/mol. The molecule has 0 bridgehead atoms. The van der Waals surface area contributed by atoms with E-state index < -0.39 is 59.4 Å². The van der Waals surface area contributed by atoms with E-state index in [0.717, 1.165) is 11.1 Å². The molecule has 0 aromatic heterocycles. The smallest absolute Gasteiger partial charge is 0.408 e. The van der Waals surface area contributed by atoms with Crippen LogP contribution < -0.4 is 26.4 Å². The second kappa shape index (κ2) is 19.0. The van der Waals surface area contributed by atoms with Crippen molar-refractivity contribution in [2.24, 2.45) is 11.7 Å². The van der Waals surface area contributed by atoms with Gasteiger partial charge in [-0.15, -0.1) is 0 Å². The fourth-order valence-electron chi connectivity index (χ4n) is 4.77. The molecular formula is C38H48N4O8. The van der Waals surface area contributed by atoms with Crippen molar-refractivity contribution >= 4 is 29.8 Å². The Morgan fingerprint density at radius 2 is 1.28 bits per heavy atom. The van der Waals surface area contributed by atoms with Gasteiger partial charge in [0.15, 0.2) is 0 Å². The summed E-state index contributed by atoms with van der Waals surface area (Å²) >= 11 is 0. The minimum atomic E-state index is -1.19. The number of carbonyl (C=O) groups excluding carboxylic acids is 5. The lowest BCUT2D eigenvalue weighted by Gasteiger charge is -2.27. The predicted molar refractivity (Wildman–Crippen MR) is 187 cm³/mol. The van der Waals surface area contributed by atoms with E-state index in [1.165, 1.54) is 0 Å². The van der Waals surface area contributed by atoms with Crippen molar-refractivity contribution in [2.45, 2.75) is 90.8 Å². The Morgan fingerprint density at radius 1 is 0.700 bits per heavy atom. The molecule has 268 valence electrons. The second-order valence-electron chi connectivity index (χ2n) is 13.2. The first-order valence-electron chi connectivity index (χ1n) is 16.5. The Kier molecular flexibility index (Phi) is 14.8. The van der Waals surface area contributed by atoms with Gasteiger partial charge in [-0.1, -0.05) is 86.6 Å². The van der Waals surface area contributed by atoms with Crippen LogP contribution in [-0.2, 0) is 48.3 Å². The highest BCUT2D eigenvalue weighted by atomic mass is 16.6. The number of rotatable bonds is 17. The molecule has 4 amide bonds. The third-order valence-corrected chi connectivity index (χ3v) is 7.41. The molecule has 50 heavy (non-hydrogen) atoms. The van der Waals surface area contributed by atoms with Crippen LogP contribution in [0.3, 0.4) is 0 Å². The number of hydrogen-bond donors (Lipinski definition) is 4. The molecule has 12 heteroatoms. The van der Waals surface area contributed by atoms with Crippen molar-refractivity contribution in [1.82, 2.24) is 16.0 Å². The van der Waals surface area contributed by atoms with E-state index in [1.807, 2.05) is 60.7 Å². The first-order chi connectivity index (χ1) is 23.7. The van der Waals surface area contributed by atoms with E-state index in [4.69, 9.17) is 19.9 Å². The van der Waals surface area contributed by atoms with Crippen LogP contribution in [-0.4, -0.2) is 53.5 Å². The van der Waals surface area contributed by atoms with Crippen LogP contribution in [0.5, 0.6) is 5.75 Å². The summed E-state index contributed by atoms with van der Waals surface area (Å²) in [6.07, 6.45) is -0.997. The summed E-state index contributed by atoms with van der Waals surface area (Å²) in [6, 6.07) is 22.5. The zero-order chi connectivity index (χ0) is 36.7. The Hall–Kier alpha value is -5.39. The van der Waals surface area contributed by atoms with E-state index in [2.05, 4.69) is 16.0 Å². The van der Waals surface area contributed by atoms with Crippen molar-refractivity contribution in [3.8, 4) is 5.75 Å². The van der Waals surface area contributed by atoms with E-state index in [-0.39, 0.29) is 25.9 Å². The number of alkyl carbamates (subject to hydrolysis) is 1. The fraction of sp³-hybridized carbons (Fsp3) is 0.395. The Labute approximate surface area is 293 Å². The van der Waals surface area contributed by atoms with Crippen LogP contribution in [0.15, 0.2) is 84.9 Å². The van der Waals surface area contributed by atoms with Crippen LogP contribution in [0.1, 0.15) is 64.2 Å². The molecule has 3 rings (SSSR count). The third-order valence-electron chi connectivity index (χ3n) is 7.41. The van der Waals surface area contributed by atoms with Gasteiger partial charge in [-0.3, -0.25) is 19.2 Å².